The van der Waals surface area contributed by atoms with E-state index in [0.29, 0.717) is 0 Å². The zero-order chi connectivity index (χ0) is 21.1. The Labute approximate surface area is 222 Å². The van der Waals surface area contributed by atoms with E-state index < -0.39 is 0 Å². The van der Waals surface area contributed by atoms with Crippen LogP contribution in [-0.2, 0) is 55.2 Å². The molecule has 0 N–H and O–H groups in total. The van der Waals surface area contributed by atoms with Gasteiger partial charge in [0.2, 0.25) is 0 Å². The third-order valence-electron chi connectivity index (χ3n) is 4.52. The Hall–Kier alpha value is -2.68. The van der Waals surface area contributed by atoms with Crippen LogP contribution in [0.5, 0.6) is 0 Å². The Morgan fingerprint density at radius 2 is 1.24 bits per heavy atom. The van der Waals surface area contributed by atoms with Gasteiger partial charge < -0.3 is 0 Å². The van der Waals surface area contributed by atoms with Crippen molar-refractivity contribution in [2.24, 2.45) is 20.5 Å². The van der Waals surface area contributed by atoms with Gasteiger partial charge in [-0.2, -0.15) is 41.5 Å². The van der Waals surface area contributed by atoms with E-state index in [0.717, 1.165) is 42.4 Å². The summed E-state index contributed by atoms with van der Waals surface area (Å²) in [7, 11) is 0. The molecule has 2 aromatic heterocycles. The standard InChI is InChI=1S/C25H22N6.2W/c1-3-11-22(12-4-1)26-28-24-15-9-17-30(21-24)18-10-20-31-19-8-7-16-25(31)29-27-23-13-5-2-6-14-23;;/h3-9,11-17,19,21H,10,18,20H2;;. The molecule has 0 bridgehead atoms. The van der Waals surface area contributed by atoms with Crippen molar-refractivity contribution < 1.29 is 51.3 Å². The molecule has 2 heterocycles. The van der Waals surface area contributed by atoms with Crippen molar-refractivity contribution in [3.05, 3.63) is 110 Å². The molecule has 0 spiro atoms. The van der Waals surface area contributed by atoms with E-state index in [4.69, 9.17) is 0 Å². The number of pyridine rings is 2. The number of hydrogen-bond donors (Lipinski definition) is 0. The first-order valence-corrected chi connectivity index (χ1v) is 10.1. The first-order valence-electron chi connectivity index (χ1n) is 10.1. The Morgan fingerprint density at radius 3 is 1.94 bits per heavy atom. The quantitative estimate of drug-likeness (QED) is 0.124. The molecular weight excluding hydrogens is 752 g/mol. The third-order valence-corrected chi connectivity index (χ3v) is 4.52. The van der Waals surface area contributed by atoms with Crippen molar-refractivity contribution in [3.63, 3.8) is 0 Å². The van der Waals surface area contributed by atoms with Crippen molar-refractivity contribution in [3.8, 4) is 0 Å². The molecule has 4 aromatic rings. The molecule has 0 unspecified atom stereocenters. The maximum Gasteiger partial charge on any atom is 0.350 e. The van der Waals surface area contributed by atoms with Gasteiger partial charge >= 0.3 is 5.82 Å². The summed E-state index contributed by atoms with van der Waals surface area (Å²) < 4.78 is 4.23. The number of aromatic nitrogens is 2. The third kappa shape index (κ3) is 8.64. The monoisotopic (exact) mass is 774 g/mol. The topological polar surface area (TPSA) is 57.2 Å². The van der Waals surface area contributed by atoms with Crippen molar-refractivity contribution in [1.29, 1.82) is 0 Å². The van der Waals surface area contributed by atoms with Gasteiger partial charge in [-0.15, -0.1) is 29.4 Å². The minimum atomic E-state index is 0. The SMILES string of the molecule is [W].[W].[c-]1ccc(N=Nc2ccc[n+](CCC[n+]3ccccc3N=Nc3cc[c-]cc3)c2)cc1. The fourth-order valence-electron chi connectivity index (χ4n) is 2.99. The van der Waals surface area contributed by atoms with Crippen LogP contribution in [-0.4, -0.2) is 0 Å². The first-order chi connectivity index (χ1) is 15.4. The maximum atomic E-state index is 4.41. The molecule has 0 atom stereocenters. The molecular formula is C25H22N6W2. The molecule has 33 heavy (non-hydrogen) atoms. The van der Waals surface area contributed by atoms with Crippen LogP contribution >= 0.6 is 0 Å². The van der Waals surface area contributed by atoms with E-state index in [-0.39, 0.29) is 42.1 Å². The van der Waals surface area contributed by atoms with Crippen LogP contribution < -0.4 is 9.13 Å². The molecule has 2 aromatic carbocycles. The summed E-state index contributed by atoms with van der Waals surface area (Å²) >= 11 is 0. The van der Waals surface area contributed by atoms with Gasteiger partial charge in [0.05, 0.1) is 17.9 Å². The van der Waals surface area contributed by atoms with Crippen LogP contribution in [0.1, 0.15) is 6.42 Å². The van der Waals surface area contributed by atoms with Crippen molar-refractivity contribution in [1.82, 2.24) is 0 Å². The minimum absolute atomic E-state index is 0. The number of nitrogens with zero attached hydrogens (tertiary/aromatic N) is 6. The predicted octanol–water partition coefficient (Wildman–Crippen LogP) is 5.78. The Morgan fingerprint density at radius 1 is 0.606 bits per heavy atom. The molecule has 0 aliphatic carbocycles. The smallest absolute Gasteiger partial charge is 0.229 e. The van der Waals surface area contributed by atoms with Crippen LogP contribution in [0.25, 0.3) is 0 Å². The number of aryl methyl sites for hydroxylation is 2. The van der Waals surface area contributed by atoms with E-state index in [2.05, 4.69) is 41.7 Å². The molecule has 0 fully saturated rings. The van der Waals surface area contributed by atoms with E-state index in [1.54, 1.807) is 0 Å². The summed E-state index contributed by atoms with van der Waals surface area (Å²) in [5.74, 6) is 0.822. The second-order valence-electron chi connectivity index (χ2n) is 6.82. The fraction of sp³-hybridized carbons (Fsp3) is 0.120. The predicted molar refractivity (Wildman–Crippen MR) is 117 cm³/mol. The van der Waals surface area contributed by atoms with E-state index >= 15 is 0 Å². The summed E-state index contributed by atoms with van der Waals surface area (Å²) in [6.07, 6.45) is 7.01. The number of azo groups is 2. The molecule has 0 aliphatic heterocycles. The summed E-state index contributed by atoms with van der Waals surface area (Å²) in [6, 6.07) is 30.7. The molecule has 164 valence electrons. The second kappa shape index (κ2) is 14.5. The number of hydrogen-bond acceptors (Lipinski definition) is 4. The fourth-order valence-corrected chi connectivity index (χ4v) is 2.99. The van der Waals surface area contributed by atoms with Gasteiger partial charge in [0.15, 0.2) is 18.9 Å². The van der Waals surface area contributed by atoms with Gasteiger partial charge in [0.25, 0.3) is 0 Å². The summed E-state index contributed by atoms with van der Waals surface area (Å²) in [6.45, 7) is 1.69. The molecule has 4 rings (SSSR count). The first kappa shape index (κ1) is 26.6. The average Bonchev–Trinajstić information content (AvgIpc) is 2.84. The van der Waals surface area contributed by atoms with Crippen LogP contribution in [0, 0.1) is 12.1 Å². The normalized spacial score (nSPS) is 10.7. The molecule has 0 saturated heterocycles. The zero-order valence-electron chi connectivity index (χ0n) is 17.9. The number of rotatable bonds is 8. The molecule has 6 nitrogen and oxygen atoms in total. The van der Waals surface area contributed by atoms with Crippen molar-refractivity contribution in [2.75, 3.05) is 0 Å². The van der Waals surface area contributed by atoms with Gasteiger partial charge in [-0.1, -0.05) is 11.2 Å². The number of benzene rings is 2. The van der Waals surface area contributed by atoms with Gasteiger partial charge in [0, 0.05) is 66.4 Å². The molecule has 0 saturated carbocycles. The molecule has 8 heteroatoms. The Balaban J connectivity index is 0.00000193. The van der Waals surface area contributed by atoms with Gasteiger partial charge in [-0.05, 0) is 17.8 Å². The van der Waals surface area contributed by atoms with Crippen LogP contribution in [0.15, 0.2) is 118 Å². The summed E-state index contributed by atoms with van der Waals surface area (Å²) in [5.41, 5.74) is 2.44. The van der Waals surface area contributed by atoms with Crippen molar-refractivity contribution >= 4 is 22.9 Å². The minimum Gasteiger partial charge on any atom is -0.229 e. The molecule has 0 radical (unpaired) electrons. The zero-order valence-corrected chi connectivity index (χ0v) is 23.7. The van der Waals surface area contributed by atoms with E-state index in [1.165, 1.54) is 0 Å². The Bertz CT molecular complexity index is 1170. The van der Waals surface area contributed by atoms with E-state index in [1.807, 2.05) is 97.5 Å². The van der Waals surface area contributed by atoms with E-state index in [9.17, 15) is 0 Å². The maximum absolute atomic E-state index is 4.41. The average molecular weight is 774 g/mol. The molecule has 0 amide bonds. The van der Waals surface area contributed by atoms with Gasteiger partial charge in [-0.3, -0.25) is 0 Å². The van der Waals surface area contributed by atoms with Crippen LogP contribution in [0.2, 0.25) is 0 Å². The van der Waals surface area contributed by atoms with Crippen LogP contribution in [0.3, 0.4) is 0 Å². The summed E-state index contributed by atoms with van der Waals surface area (Å²) in [4.78, 5) is 0. The second-order valence-corrected chi connectivity index (χ2v) is 6.82. The van der Waals surface area contributed by atoms with Gasteiger partial charge in [-0.25, -0.2) is 9.13 Å². The largest absolute Gasteiger partial charge is 0.350 e. The summed E-state index contributed by atoms with van der Waals surface area (Å²) in [5, 5.41) is 17.3. The molecule has 0 aliphatic rings. The van der Waals surface area contributed by atoms with Crippen LogP contribution in [0.4, 0.5) is 22.9 Å². The van der Waals surface area contributed by atoms with Gasteiger partial charge in [0.1, 0.15) is 5.69 Å². The van der Waals surface area contributed by atoms with Crippen molar-refractivity contribution in [2.45, 2.75) is 19.5 Å². The Kier molecular flexibility index (Phi) is 11.6.